The molecule has 0 aromatic carbocycles. The molecule has 0 bridgehead atoms. The van der Waals surface area contributed by atoms with Gasteiger partial charge in [-0.05, 0) is 6.42 Å². The van der Waals surface area contributed by atoms with Gasteiger partial charge in [-0.25, -0.2) is 0 Å². The second-order valence-corrected chi connectivity index (χ2v) is 3.79. The van der Waals surface area contributed by atoms with Crippen molar-refractivity contribution < 1.29 is 13.2 Å². The molecule has 84 valence electrons. The van der Waals surface area contributed by atoms with Crippen LogP contribution >= 0.6 is 0 Å². The van der Waals surface area contributed by atoms with Crippen LogP contribution in [0.25, 0.3) is 0 Å². The molecule has 1 heterocycles. The van der Waals surface area contributed by atoms with Crippen molar-refractivity contribution in [3.05, 3.63) is 0 Å². The van der Waals surface area contributed by atoms with Crippen LogP contribution in [0.3, 0.4) is 0 Å². The van der Waals surface area contributed by atoms with Gasteiger partial charge in [0, 0.05) is 25.7 Å². The normalized spacial score (nSPS) is 25.3. The number of nitrogens with zero attached hydrogens (tertiary/aromatic N) is 1. The van der Waals surface area contributed by atoms with E-state index in [0.717, 1.165) is 12.8 Å². The Morgan fingerprint density at radius 2 is 2.14 bits per heavy atom. The Morgan fingerprint density at radius 1 is 1.43 bits per heavy atom. The summed E-state index contributed by atoms with van der Waals surface area (Å²) in [7, 11) is 0. The SMILES string of the molecule is CCCC1CN(CC(F)(F)F)CCN1. The fraction of sp³-hybridized carbons (Fsp3) is 1.00. The fourth-order valence-corrected chi connectivity index (χ4v) is 1.83. The molecule has 1 rings (SSSR count). The van der Waals surface area contributed by atoms with Crippen molar-refractivity contribution in [2.24, 2.45) is 0 Å². The number of nitrogens with one attached hydrogen (secondary N) is 1. The van der Waals surface area contributed by atoms with Gasteiger partial charge < -0.3 is 5.32 Å². The molecule has 1 unspecified atom stereocenters. The maximum absolute atomic E-state index is 12.1. The average molecular weight is 210 g/mol. The second kappa shape index (κ2) is 4.98. The van der Waals surface area contributed by atoms with E-state index in [-0.39, 0.29) is 6.04 Å². The minimum absolute atomic E-state index is 0.232. The van der Waals surface area contributed by atoms with Crippen LogP contribution in [0.5, 0.6) is 0 Å². The molecule has 0 aliphatic carbocycles. The molecule has 2 nitrogen and oxygen atoms in total. The third-order valence-corrected chi connectivity index (χ3v) is 2.38. The minimum atomic E-state index is -4.06. The number of hydrogen-bond donors (Lipinski definition) is 1. The maximum Gasteiger partial charge on any atom is 0.401 e. The Balaban J connectivity index is 2.32. The van der Waals surface area contributed by atoms with Crippen LogP contribution in [0.15, 0.2) is 0 Å². The summed E-state index contributed by atoms with van der Waals surface area (Å²) >= 11 is 0. The van der Waals surface area contributed by atoms with Gasteiger partial charge >= 0.3 is 6.18 Å². The quantitative estimate of drug-likeness (QED) is 0.761. The van der Waals surface area contributed by atoms with Crippen molar-refractivity contribution >= 4 is 0 Å². The van der Waals surface area contributed by atoms with Crippen molar-refractivity contribution in [2.45, 2.75) is 32.0 Å². The summed E-state index contributed by atoms with van der Waals surface area (Å²) in [5.74, 6) is 0. The van der Waals surface area contributed by atoms with Gasteiger partial charge in [0.25, 0.3) is 0 Å². The van der Waals surface area contributed by atoms with Gasteiger partial charge in [0.2, 0.25) is 0 Å². The lowest BCUT2D eigenvalue weighted by atomic mass is 10.1. The number of alkyl halides is 3. The standard InChI is InChI=1S/C9H17F3N2/c1-2-3-8-6-14(5-4-13-8)7-9(10,11)12/h8,13H,2-7H2,1H3. The van der Waals surface area contributed by atoms with Gasteiger partial charge in [-0.2, -0.15) is 13.2 Å². The van der Waals surface area contributed by atoms with E-state index < -0.39 is 12.7 Å². The highest BCUT2D eigenvalue weighted by Gasteiger charge is 2.32. The molecule has 5 heteroatoms. The molecule has 1 aliphatic rings. The van der Waals surface area contributed by atoms with Crippen LogP contribution < -0.4 is 5.32 Å². The van der Waals surface area contributed by atoms with Gasteiger partial charge in [-0.3, -0.25) is 4.90 Å². The third-order valence-electron chi connectivity index (χ3n) is 2.38. The zero-order chi connectivity index (χ0) is 10.6. The molecule has 1 N–H and O–H groups in total. The largest absolute Gasteiger partial charge is 0.401 e. The summed E-state index contributed by atoms with van der Waals surface area (Å²) in [4.78, 5) is 1.48. The van der Waals surface area contributed by atoms with E-state index in [1.54, 1.807) is 0 Å². The smallest absolute Gasteiger partial charge is 0.311 e. The highest BCUT2D eigenvalue weighted by atomic mass is 19.4. The molecule has 0 spiro atoms. The summed E-state index contributed by atoms with van der Waals surface area (Å²) in [5.41, 5.74) is 0. The first-order chi connectivity index (χ1) is 6.51. The summed E-state index contributed by atoms with van der Waals surface area (Å²) in [6.07, 6.45) is -2.10. The monoisotopic (exact) mass is 210 g/mol. The molecule has 0 amide bonds. The molecule has 0 radical (unpaired) electrons. The van der Waals surface area contributed by atoms with Gasteiger partial charge in [0.05, 0.1) is 6.54 Å². The lowest BCUT2D eigenvalue weighted by Crippen LogP contribution is -2.52. The van der Waals surface area contributed by atoms with E-state index in [1.165, 1.54) is 4.90 Å². The van der Waals surface area contributed by atoms with Crippen molar-refractivity contribution in [1.82, 2.24) is 10.2 Å². The van der Waals surface area contributed by atoms with E-state index >= 15 is 0 Å². The van der Waals surface area contributed by atoms with Crippen molar-refractivity contribution in [2.75, 3.05) is 26.2 Å². The summed E-state index contributed by atoms with van der Waals surface area (Å²) in [5, 5.41) is 3.23. The molecule has 1 fully saturated rings. The average Bonchev–Trinajstić information content (AvgIpc) is 2.02. The summed E-state index contributed by atoms with van der Waals surface area (Å²) < 4.78 is 36.3. The Labute approximate surface area is 82.5 Å². The Kier molecular flexibility index (Phi) is 4.19. The van der Waals surface area contributed by atoms with Crippen LogP contribution in [-0.4, -0.2) is 43.3 Å². The highest BCUT2D eigenvalue weighted by Crippen LogP contribution is 2.17. The van der Waals surface area contributed by atoms with Crippen LogP contribution in [0.1, 0.15) is 19.8 Å². The molecule has 1 aliphatic heterocycles. The summed E-state index contributed by atoms with van der Waals surface area (Å²) in [6.45, 7) is 2.97. The van der Waals surface area contributed by atoms with Crippen LogP contribution in [-0.2, 0) is 0 Å². The predicted octanol–water partition coefficient (Wildman–Crippen LogP) is 1.62. The first-order valence-corrected chi connectivity index (χ1v) is 5.04. The topological polar surface area (TPSA) is 15.3 Å². The molecule has 0 aromatic heterocycles. The molecular weight excluding hydrogens is 193 g/mol. The van der Waals surface area contributed by atoms with Crippen LogP contribution in [0.4, 0.5) is 13.2 Å². The van der Waals surface area contributed by atoms with Gasteiger partial charge in [0.15, 0.2) is 0 Å². The molecule has 0 aromatic rings. The first-order valence-electron chi connectivity index (χ1n) is 5.04. The Morgan fingerprint density at radius 3 is 2.71 bits per heavy atom. The second-order valence-electron chi connectivity index (χ2n) is 3.79. The van der Waals surface area contributed by atoms with E-state index in [0.29, 0.717) is 19.6 Å². The zero-order valence-electron chi connectivity index (χ0n) is 8.40. The van der Waals surface area contributed by atoms with E-state index in [9.17, 15) is 13.2 Å². The fourth-order valence-electron chi connectivity index (χ4n) is 1.83. The molecule has 14 heavy (non-hydrogen) atoms. The Hall–Kier alpha value is -0.290. The maximum atomic E-state index is 12.1. The van der Waals surface area contributed by atoms with E-state index in [2.05, 4.69) is 5.32 Å². The highest BCUT2D eigenvalue weighted by molar-refractivity contribution is 4.79. The van der Waals surface area contributed by atoms with Crippen LogP contribution in [0.2, 0.25) is 0 Å². The predicted molar refractivity (Wildman–Crippen MR) is 49.2 cm³/mol. The third kappa shape index (κ3) is 4.28. The zero-order valence-corrected chi connectivity index (χ0v) is 8.40. The Bertz CT molecular complexity index is 168. The molecule has 1 atom stereocenters. The van der Waals surface area contributed by atoms with Crippen LogP contribution in [0, 0.1) is 0 Å². The number of hydrogen-bond acceptors (Lipinski definition) is 2. The van der Waals surface area contributed by atoms with E-state index in [4.69, 9.17) is 0 Å². The number of piperazine rings is 1. The minimum Gasteiger partial charge on any atom is -0.311 e. The van der Waals surface area contributed by atoms with Crippen molar-refractivity contribution in [3.8, 4) is 0 Å². The number of rotatable bonds is 3. The van der Waals surface area contributed by atoms with Crippen molar-refractivity contribution in [1.29, 1.82) is 0 Å². The first kappa shape index (κ1) is 11.8. The number of halogens is 3. The molecular formula is C9H17F3N2. The lowest BCUT2D eigenvalue weighted by molar-refractivity contribution is -0.148. The summed E-state index contributed by atoms with van der Waals surface area (Å²) in [6, 6.07) is 0.232. The van der Waals surface area contributed by atoms with Gasteiger partial charge in [0.1, 0.15) is 0 Å². The van der Waals surface area contributed by atoms with Gasteiger partial charge in [-0.15, -0.1) is 0 Å². The van der Waals surface area contributed by atoms with Gasteiger partial charge in [-0.1, -0.05) is 13.3 Å². The van der Waals surface area contributed by atoms with Crippen molar-refractivity contribution in [3.63, 3.8) is 0 Å². The molecule has 0 saturated carbocycles. The molecule has 1 saturated heterocycles. The van der Waals surface area contributed by atoms with E-state index in [1.807, 2.05) is 6.92 Å². The lowest BCUT2D eigenvalue weighted by Gasteiger charge is -2.33.